The summed E-state index contributed by atoms with van der Waals surface area (Å²) in [6, 6.07) is 31.4. The van der Waals surface area contributed by atoms with Crippen molar-refractivity contribution in [3.63, 3.8) is 0 Å². The maximum absolute atomic E-state index is 14.2. The number of hydrogen-bond donors (Lipinski definition) is 7. The summed E-state index contributed by atoms with van der Waals surface area (Å²) in [5.74, 6) is -5.92. The van der Waals surface area contributed by atoms with Gasteiger partial charge in [0, 0.05) is 56.0 Å². The van der Waals surface area contributed by atoms with Crippen molar-refractivity contribution >= 4 is 74.1 Å². The summed E-state index contributed by atoms with van der Waals surface area (Å²) in [6.45, 7) is 1.15. The van der Waals surface area contributed by atoms with E-state index in [1.807, 2.05) is 36.4 Å². The Labute approximate surface area is 396 Å². The molecule has 0 aliphatic carbocycles. The van der Waals surface area contributed by atoms with Crippen LogP contribution in [-0.2, 0) is 48.3 Å². The van der Waals surface area contributed by atoms with Crippen molar-refractivity contribution in [3.05, 3.63) is 154 Å². The molecule has 0 radical (unpaired) electrons. The topological polar surface area (TPSA) is 240 Å². The fourth-order valence-electron chi connectivity index (χ4n) is 7.26. The average molecular weight is 978 g/mol. The minimum atomic E-state index is -1.41. The summed E-state index contributed by atoms with van der Waals surface area (Å²) in [7, 11) is 0. The van der Waals surface area contributed by atoms with Gasteiger partial charge in [0.25, 0.3) is 5.91 Å². The molecule has 7 N–H and O–H groups in total. The van der Waals surface area contributed by atoms with Crippen LogP contribution < -0.4 is 26.6 Å². The van der Waals surface area contributed by atoms with Crippen molar-refractivity contribution < 1.29 is 48.6 Å². The molecular formula is C50H53BrN6O10. The van der Waals surface area contributed by atoms with E-state index in [4.69, 9.17) is 0 Å². The number of halogens is 1. The van der Waals surface area contributed by atoms with Crippen LogP contribution in [0.25, 0.3) is 10.8 Å². The van der Waals surface area contributed by atoms with Crippen LogP contribution in [0.15, 0.2) is 126 Å². The third-order valence-electron chi connectivity index (χ3n) is 10.7. The summed E-state index contributed by atoms with van der Waals surface area (Å²) < 4.78 is 0.779. The van der Waals surface area contributed by atoms with Crippen molar-refractivity contribution in [1.82, 2.24) is 31.5 Å². The van der Waals surface area contributed by atoms with Gasteiger partial charge in [-0.05, 0) is 83.1 Å². The lowest BCUT2D eigenvalue weighted by atomic mass is 10.0. The molecule has 16 nitrogen and oxygen atoms in total. The van der Waals surface area contributed by atoms with E-state index in [1.165, 1.54) is 17.0 Å². The lowest BCUT2D eigenvalue weighted by molar-refractivity contribution is -0.144. The second kappa shape index (κ2) is 25.3. The average Bonchev–Trinajstić information content (AvgIpc) is 3.31. The molecule has 0 aromatic heterocycles. The van der Waals surface area contributed by atoms with Crippen LogP contribution in [0.2, 0.25) is 0 Å². The molecule has 0 aliphatic rings. The Balaban J connectivity index is 1.32. The lowest BCUT2D eigenvalue weighted by Gasteiger charge is -2.28. The van der Waals surface area contributed by atoms with Crippen LogP contribution >= 0.6 is 15.9 Å². The summed E-state index contributed by atoms with van der Waals surface area (Å²) in [6.07, 6.45) is -0.0702. The van der Waals surface area contributed by atoms with E-state index in [2.05, 4.69) is 42.5 Å². The third kappa shape index (κ3) is 16.5. The van der Waals surface area contributed by atoms with E-state index in [0.717, 1.165) is 27.7 Å². The molecule has 67 heavy (non-hydrogen) atoms. The zero-order valence-corrected chi connectivity index (χ0v) is 38.4. The molecule has 0 unspecified atom stereocenters. The molecule has 0 aliphatic heterocycles. The zero-order chi connectivity index (χ0) is 48.3. The first-order chi connectivity index (χ1) is 32.1. The monoisotopic (exact) mass is 976 g/mol. The third-order valence-corrected chi connectivity index (χ3v) is 11.2. The second-order valence-electron chi connectivity index (χ2n) is 15.9. The van der Waals surface area contributed by atoms with Crippen LogP contribution in [0.1, 0.15) is 76.4 Å². The highest BCUT2D eigenvalue weighted by atomic mass is 79.9. The standard InChI is InChI=1S/C50H53BrN6O10/c1-32(58)54-43(29-45(60)61)49(65)57(31-34-17-21-40(51)22-18-34)25-23-44(59)55-41(16-7-8-24-52-46(62)38-20-19-36-13-5-6-14-37(36)28-38)48(64)56-42(27-33-10-3-2-4-11-33)47(63)53-30-35-12-9-15-39(26-35)50(66)67/h2-6,9-15,17-22,26,28,41-43H,7-8,16,23-25,27,29-31H2,1H3,(H,52,62)(H,53,63)(H,54,58)(H,55,59)(H,56,64)(H,60,61)(H,66,67)/t41-,42+,43+/m1/s1. The number of rotatable bonds is 24. The fraction of sp³-hybridized carbons (Fsp3) is 0.280. The number of carbonyl (C=O) groups is 8. The van der Waals surface area contributed by atoms with E-state index in [0.29, 0.717) is 29.5 Å². The molecule has 0 bridgehead atoms. The van der Waals surface area contributed by atoms with Gasteiger partial charge in [0.05, 0.1) is 12.0 Å². The Morgan fingerprint density at radius 3 is 2.03 bits per heavy atom. The first-order valence-corrected chi connectivity index (χ1v) is 22.5. The molecule has 5 aromatic carbocycles. The number of nitrogens with one attached hydrogen (secondary N) is 5. The number of benzene rings is 5. The van der Waals surface area contributed by atoms with Gasteiger partial charge in [-0.25, -0.2) is 4.79 Å². The highest BCUT2D eigenvalue weighted by Gasteiger charge is 2.30. The largest absolute Gasteiger partial charge is 0.481 e. The van der Waals surface area contributed by atoms with Crippen molar-refractivity contribution in [2.24, 2.45) is 0 Å². The second-order valence-corrected chi connectivity index (χ2v) is 16.8. The number of nitrogens with zero attached hydrogens (tertiary/aromatic N) is 1. The zero-order valence-electron chi connectivity index (χ0n) is 36.8. The van der Waals surface area contributed by atoms with Gasteiger partial charge in [-0.2, -0.15) is 0 Å². The predicted octanol–water partition coefficient (Wildman–Crippen LogP) is 5.13. The molecule has 0 heterocycles. The van der Waals surface area contributed by atoms with Gasteiger partial charge in [-0.1, -0.05) is 101 Å². The Hall–Kier alpha value is -7.40. The van der Waals surface area contributed by atoms with Crippen LogP contribution in [0.5, 0.6) is 0 Å². The molecule has 5 aromatic rings. The van der Waals surface area contributed by atoms with E-state index in [1.54, 1.807) is 72.8 Å². The van der Waals surface area contributed by atoms with Crippen molar-refractivity contribution in [2.45, 2.75) is 76.7 Å². The van der Waals surface area contributed by atoms with Crippen molar-refractivity contribution in [2.75, 3.05) is 13.1 Å². The van der Waals surface area contributed by atoms with Crippen LogP contribution in [0, 0.1) is 0 Å². The smallest absolute Gasteiger partial charge is 0.335 e. The molecule has 6 amide bonds. The maximum atomic E-state index is 14.2. The molecule has 0 spiro atoms. The highest BCUT2D eigenvalue weighted by molar-refractivity contribution is 9.10. The number of unbranched alkanes of at least 4 members (excludes halogenated alkanes) is 1. The predicted molar refractivity (Wildman–Crippen MR) is 253 cm³/mol. The van der Waals surface area contributed by atoms with E-state index < -0.39 is 66.0 Å². The van der Waals surface area contributed by atoms with Gasteiger partial charge < -0.3 is 41.7 Å². The number of hydrogen-bond acceptors (Lipinski definition) is 8. The fourth-order valence-corrected chi connectivity index (χ4v) is 7.52. The number of aliphatic carboxylic acids is 1. The summed E-state index contributed by atoms with van der Waals surface area (Å²) >= 11 is 3.38. The Bertz CT molecular complexity index is 2540. The number of aromatic carboxylic acids is 1. The summed E-state index contributed by atoms with van der Waals surface area (Å²) in [5, 5.41) is 34.5. The number of fused-ring (bicyclic) bond motifs is 1. The van der Waals surface area contributed by atoms with Crippen LogP contribution in [0.4, 0.5) is 0 Å². The van der Waals surface area contributed by atoms with E-state index in [9.17, 15) is 48.6 Å². The van der Waals surface area contributed by atoms with Crippen LogP contribution in [0.3, 0.4) is 0 Å². The van der Waals surface area contributed by atoms with Gasteiger partial charge in [-0.3, -0.25) is 33.6 Å². The van der Waals surface area contributed by atoms with Gasteiger partial charge in [0.1, 0.15) is 18.1 Å². The SMILES string of the molecule is CC(=O)N[C@@H](CC(=O)O)C(=O)N(CCC(=O)N[C@H](CCCCNC(=O)c1ccc2ccccc2c1)C(=O)N[C@@H](Cc1ccccc1)C(=O)NCc1cccc(C(=O)O)c1)Cc1ccc(Br)cc1. The Morgan fingerprint density at radius 1 is 0.627 bits per heavy atom. The first kappa shape index (κ1) is 50.6. The summed E-state index contributed by atoms with van der Waals surface area (Å²) in [5.41, 5.74) is 2.45. The summed E-state index contributed by atoms with van der Waals surface area (Å²) in [4.78, 5) is 105. The van der Waals surface area contributed by atoms with Gasteiger partial charge in [0.15, 0.2) is 0 Å². The van der Waals surface area contributed by atoms with Crippen LogP contribution in [-0.4, -0.2) is 93.7 Å². The minimum Gasteiger partial charge on any atom is -0.481 e. The quantitative estimate of drug-likeness (QED) is 0.0403. The van der Waals surface area contributed by atoms with Gasteiger partial charge in [-0.15, -0.1) is 0 Å². The minimum absolute atomic E-state index is 0.0270. The molecule has 0 saturated carbocycles. The first-order valence-electron chi connectivity index (χ1n) is 21.7. The number of carboxylic acids is 2. The Kier molecular flexibility index (Phi) is 19.1. The number of amides is 6. The molecule has 17 heteroatoms. The van der Waals surface area contributed by atoms with Crippen molar-refractivity contribution in [3.8, 4) is 0 Å². The normalized spacial score (nSPS) is 12.1. The van der Waals surface area contributed by atoms with E-state index >= 15 is 0 Å². The molecule has 0 saturated heterocycles. The molecular weight excluding hydrogens is 924 g/mol. The molecule has 0 fully saturated rings. The highest BCUT2D eigenvalue weighted by Crippen LogP contribution is 2.17. The molecule has 5 rings (SSSR count). The molecule has 350 valence electrons. The van der Waals surface area contributed by atoms with Gasteiger partial charge in [0.2, 0.25) is 29.5 Å². The number of carboxylic acid groups (broad SMARTS) is 2. The lowest BCUT2D eigenvalue weighted by Crippen LogP contribution is -2.54. The maximum Gasteiger partial charge on any atom is 0.335 e. The van der Waals surface area contributed by atoms with E-state index in [-0.39, 0.29) is 56.9 Å². The molecule has 3 atom stereocenters. The Morgan fingerprint density at radius 2 is 1.33 bits per heavy atom. The van der Waals surface area contributed by atoms with Crippen molar-refractivity contribution in [1.29, 1.82) is 0 Å². The van der Waals surface area contributed by atoms with Gasteiger partial charge >= 0.3 is 11.9 Å². The number of carbonyl (C=O) groups excluding carboxylic acids is 6.